The number of halogens is 1. The number of aliphatic imine (C=N–C) groups is 1. The molecule has 8 heteroatoms. The lowest BCUT2D eigenvalue weighted by atomic mass is 9.98. The lowest BCUT2D eigenvalue weighted by Gasteiger charge is -2.14. The van der Waals surface area contributed by atoms with E-state index in [1.807, 2.05) is 18.7 Å². The third-order valence-electron chi connectivity index (χ3n) is 5.18. The van der Waals surface area contributed by atoms with Gasteiger partial charge in [0.25, 0.3) is 0 Å². The Morgan fingerprint density at radius 3 is 2.61 bits per heavy atom. The molecular weight excluding hydrogens is 543 g/mol. The van der Waals surface area contributed by atoms with E-state index in [1.165, 1.54) is 27.1 Å². The predicted molar refractivity (Wildman–Crippen MR) is 147 cm³/mol. The highest BCUT2D eigenvalue weighted by atomic mass is 127. The van der Waals surface area contributed by atoms with E-state index in [1.54, 1.807) is 24.6 Å². The minimum Gasteiger partial charge on any atom is -0.356 e. The molecule has 4 rings (SSSR count). The quantitative estimate of drug-likeness (QED) is 0.179. The molecule has 0 atom stereocenters. The first kappa shape index (κ1) is 24.9. The summed E-state index contributed by atoms with van der Waals surface area (Å²) < 4.78 is 2.07. The number of thiazole rings is 1. The van der Waals surface area contributed by atoms with Gasteiger partial charge in [0.15, 0.2) is 5.96 Å². The van der Waals surface area contributed by atoms with Gasteiger partial charge in [0, 0.05) is 56.6 Å². The van der Waals surface area contributed by atoms with Crippen molar-refractivity contribution in [1.82, 2.24) is 25.2 Å². The summed E-state index contributed by atoms with van der Waals surface area (Å²) in [7, 11) is 1.80. The molecule has 4 aromatic rings. The number of benzene rings is 2. The van der Waals surface area contributed by atoms with Gasteiger partial charge in [-0.25, -0.2) is 9.97 Å². The number of aryl methyl sites for hydroxylation is 1. The average molecular weight is 573 g/mol. The largest absolute Gasteiger partial charge is 0.356 e. The summed E-state index contributed by atoms with van der Waals surface area (Å²) in [5, 5.41) is 7.97. The average Bonchev–Trinajstić information content (AvgIpc) is 3.48. The zero-order valence-electron chi connectivity index (χ0n) is 18.9. The SMILES string of the molecule is CN=C(NCCc1ncc(C)s1)NCc1ccccc1-c1ccc(Cn2ccnc2)cc1.I. The minimum absolute atomic E-state index is 0. The number of rotatable bonds is 8. The Hall–Kier alpha value is -2.72. The van der Waals surface area contributed by atoms with E-state index in [0.717, 1.165) is 30.5 Å². The lowest BCUT2D eigenvalue weighted by molar-refractivity contribution is 0.792. The fourth-order valence-corrected chi connectivity index (χ4v) is 4.33. The standard InChI is InChI=1S/C25H28N6S.HI/c1-19-15-29-24(32-19)11-12-28-25(26-2)30-16-22-5-3-4-6-23(22)21-9-7-20(8-10-21)17-31-14-13-27-18-31;/h3-10,13-15,18H,11-12,16-17H2,1-2H3,(H2,26,28,30);1H. The number of hydrogen-bond acceptors (Lipinski definition) is 4. The molecule has 0 bridgehead atoms. The Morgan fingerprint density at radius 1 is 1.09 bits per heavy atom. The smallest absolute Gasteiger partial charge is 0.191 e. The number of nitrogens with one attached hydrogen (secondary N) is 2. The second kappa shape index (κ2) is 12.5. The highest BCUT2D eigenvalue weighted by Gasteiger charge is 2.07. The van der Waals surface area contributed by atoms with Crippen molar-refractivity contribution in [3.05, 3.63) is 94.5 Å². The normalized spacial score (nSPS) is 11.2. The zero-order valence-corrected chi connectivity index (χ0v) is 22.0. The molecule has 2 aromatic heterocycles. The Bertz CT molecular complexity index is 1150. The topological polar surface area (TPSA) is 67.1 Å². The third kappa shape index (κ3) is 7.13. The van der Waals surface area contributed by atoms with Gasteiger partial charge in [0.2, 0.25) is 0 Å². The van der Waals surface area contributed by atoms with Gasteiger partial charge in [-0.1, -0.05) is 48.5 Å². The number of nitrogens with zero attached hydrogens (tertiary/aromatic N) is 4. The summed E-state index contributed by atoms with van der Waals surface area (Å²) in [5.74, 6) is 0.795. The van der Waals surface area contributed by atoms with E-state index >= 15 is 0 Å². The first-order valence-corrected chi connectivity index (χ1v) is 11.5. The molecule has 0 unspecified atom stereocenters. The molecule has 2 heterocycles. The second-order valence-electron chi connectivity index (χ2n) is 7.56. The molecular formula is C25H29IN6S. The van der Waals surface area contributed by atoms with Gasteiger partial charge in [-0.05, 0) is 29.2 Å². The Kier molecular flexibility index (Phi) is 9.44. The summed E-state index contributed by atoms with van der Waals surface area (Å²) in [6, 6.07) is 17.2. The summed E-state index contributed by atoms with van der Waals surface area (Å²) in [4.78, 5) is 14.1. The van der Waals surface area contributed by atoms with Gasteiger partial charge in [-0.3, -0.25) is 4.99 Å². The van der Waals surface area contributed by atoms with Crippen molar-refractivity contribution in [3.8, 4) is 11.1 Å². The van der Waals surface area contributed by atoms with Crippen LogP contribution in [-0.2, 0) is 19.5 Å². The number of guanidine groups is 1. The number of imidazole rings is 1. The van der Waals surface area contributed by atoms with Crippen molar-refractivity contribution in [1.29, 1.82) is 0 Å². The zero-order chi connectivity index (χ0) is 22.2. The van der Waals surface area contributed by atoms with Gasteiger partial charge in [0.1, 0.15) is 0 Å². The highest BCUT2D eigenvalue weighted by Crippen LogP contribution is 2.24. The lowest BCUT2D eigenvalue weighted by Crippen LogP contribution is -2.37. The van der Waals surface area contributed by atoms with E-state index in [2.05, 4.69) is 85.6 Å². The molecule has 6 nitrogen and oxygen atoms in total. The maximum atomic E-state index is 4.42. The third-order valence-corrected chi connectivity index (χ3v) is 6.15. The molecule has 33 heavy (non-hydrogen) atoms. The van der Waals surface area contributed by atoms with Gasteiger partial charge in [-0.15, -0.1) is 35.3 Å². The monoisotopic (exact) mass is 572 g/mol. The molecule has 2 N–H and O–H groups in total. The molecule has 0 aliphatic heterocycles. The maximum absolute atomic E-state index is 4.42. The van der Waals surface area contributed by atoms with Crippen molar-refractivity contribution in [3.63, 3.8) is 0 Å². The molecule has 0 amide bonds. The maximum Gasteiger partial charge on any atom is 0.191 e. The Balaban J connectivity index is 0.00000306. The van der Waals surface area contributed by atoms with Crippen LogP contribution in [0.15, 0.2) is 78.4 Å². The molecule has 0 spiro atoms. The van der Waals surface area contributed by atoms with E-state index < -0.39 is 0 Å². The van der Waals surface area contributed by atoms with Gasteiger partial charge < -0.3 is 15.2 Å². The van der Waals surface area contributed by atoms with Crippen molar-refractivity contribution in [2.24, 2.45) is 4.99 Å². The van der Waals surface area contributed by atoms with Crippen LogP contribution in [0.4, 0.5) is 0 Å². The van der Waals surface area contributed by atoms with Crippen molar-refractivity contribution >= 4 is 41.3 Å². The van der Waals surface area contributed by atoms with Crippen LogP contribution in [0.25, 0.3) is 11.1 Å². The van der Waals surface area contributed by atoms with E-state index in [0.29, 0.717) is 6.54 Å². The molecule has 0 aliphatic carbocycles. The summed E-state index contributed by atoms with van der Waals surface area (Å²) in [6.45, 7) is 4.40. The van der Waals surface area contributed by atoms with Gasteiger partial charge >= 0.3 is 0 Å². The highest BCUT2D eigenvalue weighted by molar-refractivity contribution is 14.0. The molecule has 0 saturated heterocycles. The molecule has 0 saturated carbocycles. The minimum atomic E-state index is 0. The van der Waals surface area contributed by atoms with Gasteiger partial charge in [0.05, 0.1) is 11.3 Å². The van der Waals surface area contributed by atoms with E-state index in [4.69, 9.17) is 0 Å². The van der Waals surface area contributed by atoms with Crippen LogP contribution in [0, 0.1) is 6.92 Å². The Morgan fingerprint density at radius 2 is 1.91 bits per heavy atom. The Labute approximate surface area is 216 Å². The van der Waals surface area contributed by atoms with Gasteiger partial charge in [-0.2, -0.15) is 0 Å². The van der Waals surface area contributed by atoms with Crippen LogP contribution < -0.4 is 10.6 Å². The molecule has 0 aliphatic rings. The predicted octanol–water partition coefficient (Wildman–Crippen LogP) is 4.89. The second-order valence-corrected chi connectivity index (χ2v) is 8.88. The molecule has 2 aromatic carbocycles. The van der Waals surface area contributed by atoms with E-state index in [-0.39, 0.29) is 24.0 Å². The fraction of sp³-hybridized carbons (Fsp3) is 0.240. The van der Waals surface area contributed by atoms with Crippen LogP contribution in [0.2, 0.25) is 0 Å². The number of aromatic nitrogens is 3. The fourth-order valence-electron chi connectivity index (χ4n) is 3.54. The number of hydrogen-bond donors (Lipinski definition) is 2. The molecule has 0 fully saturated rings. The first-order chi connectivity index (χ1) is 15.7. The first-order valence-electron chi connectivity index (χ1n) is 10.7. The van der Waals surface area contributed by atoms with Crippen molar-refractivity contribution in [2.75, 3.05) is 13.6 Å². The van der Waals surface area contributed by atoms with Crippen LogP contribution >= 0.6 is 35.3 Å². The van der Waals surface area contributed by atoms with Crippen LogP contribution in [0.5, 0.6) is 0 Å². The molecule has 172 valence electrons. The molecule has 0 radical (unpaired) electrons. The van der Waals surface area contributed by atoms with Crippen molar-refractivity contribution in [2.45, 2.75) is 26.4 Å². The van der Waals surface area contributed by atoms with Crippen LogP contribution in [-0.4, -0.2) is 34.1 Å². The van der Waals surface area contributed by atoms with Crippen LogP contribution in [0.3, 0.4) is 0 Å². The van der Waals surface area contributed by atoms with Crippen molar-refractivity contribution < 1.29 is 0 Å². The summed E-state index contributed by atoms with van der Waals surface area (Å²) in [6.07, 6.45) is 8.44. The van der Waals surface area contributed by atoms with Crippen LogP contribution in [0.1, 0.15) is 21.0 Å². The summed E-state index contributed by atoms with van der Waals surface area (Å²) in [5.41, 5.74) is 4.91. The van der Waals surface area contributed by atoms with E-state index in [9.17, 15) is 0 Å². The summed E-state index contributed by atoms with van der Waals surface area (Å²) >= 11 is 1.74.